The smallest absolute Gasteiger partial charge is 0.189 e. The van der Waals surface area contributed by atoms with Crippen LogP contribution in [0.1, 0.15) is 86.6 Å². The van der Waals surface area contributed by atoms with Gasteiger partial charge in [0.05, 0.1) is 13.7 Å². The van der Waals surface area contributed by atoms with E-state index >= 15 is 0 Å². The zero-order valence-corrected chi connectivity index (χ0v) is 21.2. The van der Waals surface area contributed by atoms with E-state index in [4.69, 9.17) is 9.26 Å². The predicted octanol–water partition coefficient (Wildman–Crippen LogP) is 7.24. The lowest BCUT2D eigenvalue weighted by atomic mass is 10.2. The molecule has 0 aromatic heterocycles. The molecule has 4 unspecified atom stereocenters. The number of rotatable bonds is 14. The third-order valence-electron chi connectivity index (χ3n) is 6.07. The second kappa shape index (κ2) is 13.6. The van der Waals surface area contributed by atoms with Gasteiger partial charge >= 0.3 is 0 Å². The van der Waals surface area contributed by atoms with Crippen LogP contribution in [0.5, 0.6) is 5.75 Å². The number of hydrogen-bond acceptors (Lipinski definition) is 4. The molecule has 5 heteroatoms. The first-order valence-corrected chi connectivity index (χ1v) is 12.6. The summed E-state index contributed by atoms with van der Waals surface area (Å²) in [6, 6.07) is 10.2. The van der Waals surface area contributed by atoms with E-state index in [9.17, 15) is 0 Å². The minimum atomic E-state index is -0.868. The predicted molar refractivity (Wildman–Crippen MR) is 127 cm³/mol. The molecule has 0 bridgehead atoms. The number of ether oxygens (including phenoxy) is 1. The van der Waals surface area contributed by atoms with Crippen LogP contribution >= 0.6 is 8.45 Å². The van der Waals surface area contributed by atoms with E-state index in [0.717, 1.165) is 31.4 Å². The highest BCUT2D eigenvalue weighted by atomic mass is 31.2. The molecule has 0 N–H and O–H groups in total. The molecule has 29 heavy (non-hydrogen) atoms. The standard InChI is InChI=1S/C24H45N2O2P/c1-10-19(5)25(20(6)11-2)29(26(21(7)12-3)22(8)13-4)28-18-23-14-16-24(27-9)17-15-23/h14-17,19-22H,10-13,18H2,1-9H3. The lowest BCUT2D eigenvalue weighted by Gasteiger charge is -2.47. The van der Waals surface area contributed by atoms with Crippen LogP contribution < -0.4 is 4.74 Å². The van der Waals surface area contributed by atoms with Crippen LogP contribution in [-0.2, 0) is 11.1 Å². The van der Waals surface area contributed by atoms with E-state index < -0.39 is 8.45 Å². The Bertz CT molecular complexity index is 510. The van der Waals surface area contributed by atoms with Crippen molar-refractivity contribution >= 4 is 8.45 Å². The minimum Gasteiger partial charge on any atom is -0.497 e. The van der Waals surface area contributed by atoms with Crippen molar-refractivity contribution in [2.45, 2.75) is 112 Å². The highest BCUT2D eigenvalue weighted by Gasteiger charge is 2.37. The second-order valence-electron chi connectivity index (χ2n) is 8.16. The van der Waals surface area contributed by atoms with Gasteiger partial charge in [-0.05, 0) is 71.1 Å². The maximum Gasteiger partial charge on any atom is 0.189 e. The summed E-state index contributed by atoms with van der Waals surface area (Å²) >= 11 is 0. The first-order valence-electron chi connectivity index (χ1n) is 11.5. The van der Waals surface area contributed by atoms with Crippen molar-refractivity contribution in [3.63, 3.8) is 0 Å². The zero-order chi connectivity index (χ0) is 22.0. The van der Waals surface area contributed by atoms with Gasteiger partial charge in [0.25, 0.3) is 0 Å². The molecular weight excluding hydrogens is 379 g/mol. The second-order valence-corrected chi connectivity index (χ2v) is 9.85. The van der Waals surface area contributed by atoms with Crippen molar-refractivity contribution in [2.24, 2.45) is 0 Å². The first kappa shape index (κ1) is 26.4. The largest absolute Gasteiger partial charge is 0.497 e. The summed E-state index contributed by atoms with van der Waals surface area (Å²) in [7, 11) is 0.837. The fourth-order valence-electron chi connectivity index (χ4n) is 3.40. The molecule has 168 valence electrons. The van der Waals surface area contributed by atoms with Gasteiger partial charge in [-0.1, -0.05) is 39.8 Å². The number of hydrogen-bond donors (Lipinski definition) is 0. The first-order chi connectivity index (χ1) is 13.8. The fraction of sp³-hybridized carbons (Fsp3) is 0.750. The summed E-state index contributed by atoms with van der Waals surface area (Å²) in [5.74, 6) is 0.887. The van der Waals surface area contributed by atoms with Crippen molar-refractivity contribution < 1.29 is 9.26 Å². The molecule has 1 aromatic carbocycles. The number of nitrogens with zero attached hydrogens (tertiary/aromatic N) is 2. The fourth-order valence-corrected chi connectivity index (χ4v) is 6.17. The molecule has 1 aromatic rings. The minimum absolute atomic E-state index is 0.488. The summed E-state index contributed by atoms with van der Waals surface area (Å²) < 4.78 is 17.4. The van der Waals surface area contributed by atoms with E-state index in [-0.39, 0.29) is 0 Å². The molecule has 4 atom stereocenters. The lowest BCUT2D eigenvalue weighted by molar-refractivity contribution is 0.158. The Morgan fingerprint density at radius 3 is 1.41 bits per heavy atom. The van der Waals surface area contributed by atoms with Gasteiger partial charge in [0.15, 0.2) is 8.45 Å². The molecule has 0 heterocycles. The Balaban J connectivity index is 3.24. The summed E-state index contributed by atoms with van der Waals surface area (Å²) in [6.07, 6.45) is 4.52. The lowest BCUT2D eigenvalue weighted by Crippen LogP contribution is -2.45. The molecule has 0 saturated heterocycles. The summed E-state index contributed by atoms with van der Waals surface area (Å²) in [5, 5.41) is 0. The third-order valence-corrected chi connectivity index (χ3v) is 8.80. The zero-order valence-electron chi connectivity index (χ0n) is 20.3. The van der Waals surface area contributed by atoms with Crippen LogP contribution in [0.3, 0.4) is 0 Å². The van der Waals surface area contributed by atoms with E-state index in [0.29, 0.717) is 30.8 Å². The molecular formula is C24H45N2O2P. The van der Waals surface area contributed by atoms with Crippen LogP contribution in [0.2, 0.25) is 0 Å². The summed E-state index contributed by atoms with van der Waals surface area (Å²) in [4.78, 5) is 0. The van der Waals surface area contributed by atoms with Gasteiger partial charge in [0.2, 0.25) is 0 Å². The molecule has 0 saturated carbocycles. The van der Waals surface area contributed by atoms with Crippen LogP contribution in [0, 0.1) is 0 Å². The highest BCUT2D eigenvalue weighted by molar-refractivity contribution is 7.47. The SMILES string of the molecule is CCC(C)N(C(C)CC)P(OCc1ccc(OC)cc1)N(C(C)CC)C(C)CC. The number of methoxy groups -OCH3 is 1. The molecule has 0 aliphatic carbocycles. The van der Waals surface area contributed by atoms with Gasteiger partial charge in [-0.25, -0.2) is 9.34 Å². The van der Waals surface area contributed by atoms with Crippen LogP contribution in [-0.4, -0.2) is 40.6 Å². The topological polar surface area (TPSA) is 24.9 Å². The van der Waals surface area contributed by atoms with Gasteiger partial charge in [-0.3, -0.25) is 0 Å². The van der Waals surface area contributed by atoms with Gasteiger partial charge < -0.3 is 9.26 Å². The quantitative estimate of drug-likeness (QED) is 0.294. The van der Waals surface area contributed by atoms with Gasteiger partial charge in [-0.15, -0.1) is 0 Å². The van der Waals surface area contributed by atoms with Crippen molar-refractivity contribution in [1.29, 1.82) is 0 Å². The average Bonchev–Trinajstić information content (AvgIpc) is 2.76. The Morgan fingerprint density at radius 1 is 0.724 bits per heavy atom. The summed E-state index contributed by atoms with van der Waals surface area (Å²) in [5.41, 5.74) is 1.19. The average molecular weight is 425 g/mol. The summed E-state index contributed by atoms with van der Waals surface area (Å²) in [6.45, 7) is 19.2. The molecule has 0 radical (unpaired) electrons. The number of benzene rings is 1. The molecule has 0 amide bonds. The van der Waals surface area contributed by atoms with Gasteiger partial charge in [0.1, 0.15) is 5.75 Å². The Kier molecular flexibility index (Phi) is 12.4. The van der Waals surface area contributed by atoms with E-state index in [1.165, 1.54) is 5.56 Å². The molecule has 0 aliphatic rings. The van der Waals surface area contributed by atoms with Crippen molar-refractivity contribution in [1.82, 2.24) is 9.34 Å². The van der Waals surface area contributed by atoms with E-state index in [2.05, 4.69) is 76.9 Å². The normalized spacial score (nSPS) is 17.2. The van der Waals surface area contributed by atoms with Crippen molar-refractivity contribution in [2.75, 3.05) is 7.11 Å². The molecule has 4 nitrogen and oxygen atoms in total. The Labute approximate surface area is 181 Å². The Morgan fingerprint density at radius 2 is 1.10 bits per heavy atom. The third kappa shape index (κ3) is 7.51. The van der Waals surface area contributed by atoms with Gasteiger partial charge in [-0.2, -0.15) is 0 Å². The van der Waals surface area contributed by atoms with Crippen molar-refractivity contribution in [3.8, 4) is 5.75 Å². The maximum atomic E-state index is 6.79. The molecule has 0 aliphatic heterocycles. The van der Waals surface area contributed by atoms with Crippen LogP contribution in [0.25, 0.3) is 0 Å². The molecule has 0 spiro atoms. The van der Waals surface area contributed by atoms with E-state index in [1.807, 2.05) is 12.1 Å². The maximum absolute atomic E-state index is 6.79. The van der Waals surface area contributed by atoms with Crippen LogP contribution in [0.15, 0.2) is 24.3 Å². The van der Waals surface area contributed by atoms with Gasteiger partial charge in [0, 0.05) is 24.2 Å². The molecule has 0 fully saturated rings. The van der Waals surface area contributed by atoms with E-state index in [1.54, 1.807) is 7.11 Å². The molecule has 1 rings (SSSR count). The highest BCUT2D eigenvalue weighted by Crippen LogP contribution is 2.52. The Hall–Kier alpha value is -0.670. The van der Waals surface area contributed by atoms with Crippen molar-refractivity contribution in [3.05, 3.63) is 29.8 Å². The monoisotopic (exact) mass is 424 g/mol. The van der Waals surface area contributed by atoms with Crippen LogP contribution in [0.4, 0.5) is 0 Å².